The molecule has 2 aromatic rings. The summed E-state index contributed by atoms with van der Waals surface area (Å²) in [7, 11) is -3.99. The Kier molecular flexibility index (Phi) is 10.1. The van der Waals surface area contributed by atoms with Gasteiger partial charge in [0.2, 0.25) is 0 Å². The van der Waals surface area contributed by atoms with E-state index < -0.39 is 10.0 Å². The number of halogens is 1. The van der Waals surface area contributed by atoms with Crippen LogP contribution in [0.15, 0.2) is 47.4 Å². The van der Waals surface area contributed by atoms with E-state index in [0.717, 1.165) is 12.8 Å². The molecule has 0 radical (unpaired) electrons. The molecule has 170 valence electrons. The zero-order chi connectivity index (χ0) is 22.7. The van der Waals surface area contributed by atoms with Crippen LogP contribution in [0.25, 0.3) is 0 Å². The fourth-order valence-electron chi connectivity index (χ4n) is 2.67. The van der Waals surface area contributed by atoms with Crippen LogP contribution >= 0.6 is 11.6 Å². The molecule has 7 nitrogen and oxygen atoms in total. The van der Waals surface area contributed by atoms with Gasteiger partial charge in [0.25, 0.3) is 15.9 Å². The monoisotopic (exact) mass is 468 g/mol. The van der Waals surface area contributed by atoms with Gasteiger partial charge in [-0.1, -0.05) is 24.9 Å². The smallest absolute Gasteiger partial charge is 0.263 e. The van der Waals surface area contributed by atoms with E-state index in [-0.39, 0.29) is 21.4 Å². The van der Waals surface area contributed by atoms with Gasteiger partial charge in [-0.25, -0.2) is 8.42 Å². The van der Waals surface area contributed by atoms with Crippen molar-refractivity contribution < 1.29 is 22.7 Å². The number of anilines is 1. The average Bonchev–Trinajstić information content (AvgIpc) is 2.74. The van der Waals surface area contributed by atoms with Crippen LogP contribution in [0.1, 0.15) is 43.5 Å². The van der Waals surface area contributed by atoms with Gasteiger partial charge in [0.1, 0.15) is 10.6 Å². The van der Waals surface area contributed by atoms with Gasteiger partial charge in [-0.2, -0.15) is 0 Å². The lowest BCUT2D eigenvalue weighted by atomic mass is 10.2. The van der Waals surface area contributed by atoms with Crippen LogP contribution in [-0.4, -0.2) is 40.7 Å². The number of nitrogens with one attached hydrogen (secondary N) is 2. The SMILES string of the molecule is CCCCOCCCNC(=O)c1ccc(Cl)c(S(=O)(=O)Nc2ccc(OCC)cc2)c1. The molecule has 0 atom stereocenters. The van der Waals surface area contributed by atoms with Crippen LogP contribution in [0, 0.1) is 0 Å². The summed E-state index contributed by atoms with van der Waals surface area (Å²) in [5, 5.41) is 2.79. The predicted molar refractivity (Wildman–Crippen MR) is 123 cm³/mol. The van der Waals surface area contributed by atoms with Gasteiger partial charge in [-0.3, -0.25) is 9.52 Å². The summed E-state index contributed by atoms with van der Waals surface area (Å²) in [5.41, 5.74) is 0.570. The third-order valence-electron chi connectivity index (χ3n) is 4.29. The molecule has 0 unspecified atom stereocenters. The summed E-state index contributed by atoms with van der Waals surface area (Å²) in [6, 6.07) is 10.7. The quantitative estimate of drug-likeness (QED) is 0.423. The van der Waals surface area contributed by atoms with Gasteiger partial charge in [0.15, 0.2) is 0 Å². The van der Waals surface area contributed by atoms with Crippen molar-refractivity contribution >= 4 is 33.2 Å². The van der Waals surface area contributed by atoms with E-state index in [1.54, 1.807) is 24.3 Å². The average molecular weight is 469 g/mol. The Hall–Kier alpha value is -2.29. The topological polar surface area (TPSA) is 93.7 Å². The molecule has 2 N–H and O–H groups in total. The normalized spacial score (nSPS) is 11.2. The molecule has 0 aliphatic carbocycles. The van der Waals surface area contributed by atoms with Crippen molar-refractivity contribution in [1.82, 2.24) is 5.32 Å². The molecular weight excluding hydrogens is 440 g/mol. The Morgan fingerprint density at radius 2 is 1.74 bits per heavy atom. The van der Waals surface area contributed by atoms with Crippen LogP contribution in [0.4, 0.5) is 5.69 Å². The predicted octanol–water partition coefficient (Wildman–Crippen LogP) is 4.48. The summed E-state index contributed by atoms with van der Waals surface area (Å²) >= 11 is 6.12. The van der Waals surface area contributed by atoms with Crippen molar-refractivity contribution in [2.75, 3.05) is 31.1 Å². The lowest BCUT2D eigenvalue weighted by molar-refractivity contribution is 0.0940. The third kappa shape index (κ3) is 8.05. The molecule has 9 heteroatoms. The van der Waals surface area contributed by atoms with Crippen LogP contribution in [0.5, 0.6) is 5.75 Å². The van der Waals surface area contributed by atoms with Gasteiger partial charge >= 0.3 is 0 Å². The number of hydrogen-bond donors (Lipinski definition) is 2. The fourth-order valence-corrected chi connectivity index (χ4v) is 4.26. The maximum Gasteiger partial charge on any atom is 0.263 e. The molecule has 0 aliphatic heterocycles. The summed E-state index contributed by atoms with van der Waals surface area (Å²) in [4.78, 5) is 12.2. The fraction of sp³-hybridized carbons (Fsp3) is 0.409. The second-order valence-electron chi connectivity index (χ2n) is 6.78. The standard InChI is InChI=1S/C22H29ClN2O5S/c1-3-5-14-29-15-6-13-24-22(26)17-7-12-20(23)21(16-17)31(27,28)25-18-8-10-19(11-9-18)30-4-2/h7-12,16,25H,3-6,13-15H2,1-2H3,(H,24,26). The van der Waals surface area contributed by atoms with Crippen LogP contribution in [-0.2, 0) is 14.8 Å². The Morgan fingerprint density at radius 3 is 2.42 bits per heavy atom. The minimum absolute atomic E-state index is 0.0271. The van der Waals surface area contributed by atoms with Crippen molar-refractivity contribution in [3.05, 3.63) is 53.1 Å². The van der Waals surface area contributed by atoms with E-state index in [1.165, 1.54) is 18.2 Å². The number of unbranched alkanes of at least 4 members (excludes halogenated alkanes) is 1. The Balaban J connectivity index is 2.01. The minimum atomic E-state index is -3.99. The molecular formula is C22H29ClN2O5S. The van der Waals surface area contributed by atoms with E-state index in [4.69, 9.17) is 21.1 Å². The van der Waals surface area contributed by atoms with Gasteiger partial charge < -0.3 is 14.8 Å². The third-order valence-corrected chi connectivity index (χ3v) is 6.16. The molecule has 0 aliphatic rings. The number of amides is 1. The number of sulfonamides is 1. The van der Waals surface area contributed by atoms with Crippen molar-refractivity contribution in [3.63, 3.8) is 0 Å². The van der Waals surface area contributed by atoms with Crippen LogP contribution in [0.2, 0.25) is 5.02 Å². The Bertz CT molecular complexity index is 949. The highest BCUT2D eigenvalue weighted by atomic mass is 35.5. The number of rotatable bonds is 13. The highest BCUT2D eigenvalue weighted by Gasteiger charge is 2.20. The van der Waals surface area contributed by atoms with Crippen molar-refractivity contribution in [3.8, 4) is 5.75 Å². The zero-order valence-electron chi connectivity index (χ0n) is 17.8. The van der Waals surface area contributed by atoms with E-state index in [2.05, 4.69) is 17.0 Å². The number of carbonyl (C=O) groups is 1. The summed E-state index contributed by atoms with van der Waals surface area (Å²) in [6.07, 6.45) is 2.76. The number of carbonyl (C=O) groups excluding carboxylic acids is 1. The van der Waals surface area contributed by atoms with Gasteiger partial charge in [0.05, 0.1) is 11.6 Å². The Labute approximate surface area is 189 Å². The zero-order valence-corrected chi connectivity index (χ0v) is 19.4. The molecule has 2 rings (SSSR count). The molecule has 0 saturated carbocycles. The van der Waals surface area contributed by atoms with E-state index in [0.29, 0.717) is 44.2 Å². The molecule has 0 bridgehead atoms. The van der Waals surface area contributed by atoms with E-state index >= 15 is 0 Å². The van der Waals surface area contributed by atoms with Gasteiger partial charge in [-0.15, -0.1) is 0 Å². The molecule has 1 amide bonds. The maximum absolute atomic E-state index is 12.8. The minimum Gasteiger partial charge on any atom is -0.494 e. The van der Waals surface area contributed by atoms with E-state index in [9.17, 15) is 13.2 Å². The van der Waals surface area contributed by atoms with Gasteiger partial charge in [-0.05, 0) is 62.2 Å². The van der Waals surface area contributed by atoms with Crippen molar-refractivity contribution in [1.29, 1.82) is 0 Å². The highest BCUT2D eigenvalue weighted by molar-refractivity contribution is 7.92. The first kappa shape index (κ1) is 25.0. The molecule has 0 aromatic heterocycles. The molecule has 0 fully saturated rings. The summed E-state index contributed by atoms with van der Waals surface area (Å²) in [6.45, 7) is 6.18. The molecule has 0 spiro atoms. The summed E-state index contributed by atoms with van der Waals surface area (Å²) < 4.78 is 38.9. The highest BCUT2D eigenvalue weighted by Crippen LogP contribution is 2.26. The number of ether oxygens (including phenoxy) is 2. The Morgan fingerprint density at radius 1 is 1.03 bits per heavy atom. The molecule has 0 saturated heterocycles. The van der Waals surface area contributed by atoms with Crippen molar-refractivity contribution in [2.45, 2.75) is 38.0 Å². The first-order valence-electron chi connectivity index (χ1n) is 10.3. The molecule has 2 aromatic carbocycles. The maximum atomic E-state index is 12.8. The molecule has 0 heterocycles. The number of benzene rings is 2. The van der Waals surface area contributed by atoms with Gasteiger partial charge in [0, 0.05) is 31.0 Å². The first-order chi connectivity index (χ1) is 14.9. The van der Waals surface area contributed by atoms with Crippen molar-refractivity contribution in [2.24, 2.45) is 0 Å². The largest absolute Gasteiger partial charge is 0.494 e. The van der Waals surface area contributed by atoms with Crippen LogP contribution in [0.3, 0.4) is 0 Å². The second-order valence-corrected chi connectivity index (χ2v) is 8.84. The summed E-state index contributed by atoms with van der Waals surface area (Å²) in [5.74, 6) is 0.264. The first-order valence-corrected chi connectivity index (χ1v) is 12.1. The lowest BCUT2D eigenvalue weighted by Gasteiger charge is -2.12. The molecule has 31 heavy (non-hydrogen) atoms. The lowest BCUT2D eigenvalue weighted by Crippen LogP contribution is -2.25. The number of hydrogen-bond acceptors (Lipinski definition) is 5. The van der Waals surface area contributed by atoms with Crippen LogP contribution < -0.4 is 14.8 Å². The van der Waals surface area contributed by atoms with E-state index in [1.807, 2.05) is 6.92 Å². The second kappa shape index (κ2) is 12.5.